The summed E-state index contributed by atoms with van der Waals surface area (Å²) in [6.07, 6.45) is 1.23. The topological polar surface area (TPSA) is 93.0 Å². The highest BCUT2D eigenvalue weighted by molar-refractivity contribution is 5.93. The third kappa shape index (κ3) is 5.06. The maximum atomic E-state index is 11.7. The molecule has 4 N–H and O–H groups in total. The summed E-state index contributed by atoms with van der Waals surface area (Å²) in [5.41, 5.74) is 1.47. The molecule has 1 amide bonds. The highest BCUT2D eigenvalue weighted by Crippen LogP contribution is 2.30. The van der Waals surface area contributed by atoms with E-state index in [9.17, 15) is 9.90 Å². The van der Waals surface area contributed by atoms with Crippen LogP contribution in [0.25, 0.3) is 0 Å². The van der Waals surface area contributed by atoms with Gasteiger partial charge < -0.3 is 20.6 Å². The zero-order valence-electron chi connectivity index (χ0n) is 12.6. The quantitative estimate of drug-likeness (QED) is 0.528. The number of nitrogens with zero attached hydrogens (tertiary/aromatic N) is 1. The van der Waals surface area contributed by atoms with Crippen LogP contribution in [-0.4, -0.2) is 59.0 Å². The Labute approximate surface area is 130 Å². The predicted molar refractivity (Wildman–Crippen MR) is 83.4 cm³/mol. The first-order valence-electron chi connectivity index (χ1n) is 7.67. The van der Waals surface area contributed by atoms with Gasteiger partial charge in [-0.15, -0.1) is 0 Å². The number of hydrogen-bond donors (Lipinski definition) is 4. The lowest BCUT2D eigenvalue weighted by atomic mass is 10.1. The maximum absolute atomic E-state index is 11.7. The number of hydrogen-bond acceptors (Lipinski definition) is 5. The molecule has 1 aliphatic carbocycles. The number of amides is 1. The molecule has 6 heteroatoms. The Kier molecular flexibility index (Phi) is 6.33. The third-order valence-electron chi connectivity index (χ3n) is 3.77. The lowest BCUT2D eigenvalue weighted by Gasteiger charge is -2.23. The molecule has 6 nitrogen and oxygen atoms in total. The smallest absolute Gasteiger partial charge is 0.227 e. The number of carbonyl (C=O) groups excluding carboxylic acids is 1. The van der Waals surface area contributed by atoms with Crippen LogP contribution in [0.5, 0.6) is 0 Å². The van der Waals surface area contributed by atoms with E-state index in [0.29, 0.717) is 19.6 Å². The normalized spacial score (nSPS) is 15.8. The van der Waals surface area contributed by atoms with Crippen molar-refractivity contribution in [2.75, 3.05) is 38.2 Å². The molecule has 1 unspecified atom stereocenters. The van der Waals surface area contributed by atoms with Crippen LogP contribution < -0.4 is 5.32 Å². The number of nitrogens with one attached hydrogen (secondary N) is 1. The summed E-state index contributed by atoms with van der Waals surface area (Å²) >= 11 is 0. The molecule has 1 aromatic carbocycles. The Hall–Kier alpha value is -1.47. The number of carbonyl (C=O) groups is 1. The second-order valence-corrected chi connectivity index (χ2v) is 5.65. The van der Waals surface area contributed by atoms with Crippen LogP contribution in [0.2, 0.25) is 0 Å². The molecule has 0 heterocycles. The van der Waals surface area contributed by atoms with E-state index in [1.54, 1.807) is 29.2 Å². The number of aliphatic hydroxyl groups is 3. The van der Waals surface area contributed by atoms with Crippen molar-refractivity contribution in [2.24, 2.45) is 5.92 Å². The summed E-state index contributed by atoms with van der Waals surface area (Å²) in [5.74, 6) is 0.223. The number of benzene rings is 1. The first-order valence-corrected chi connectivity index (χ1v) is 7.67. The van der Waals surface area contributed by atoms with Crippen molar-refractivity contribution >= 4 is 11.6 Å². The van der Waals surface area contributed by atoms with Gasteiger partial charge in [-0.3, -0.25) is 9.69 Å². The first kappa shape index (κ1) is 16.9. The average Bonchev–Trinajstić information content (AvgIpc) is 3.33. The van der Waals surface area contributed by atoms with E-state index in [4.69, 9.17) is 10.2 Å². The summed E-state index contributed by atoms with van der Waals surface area (Å²) in [6, 6.07) is 7.12. The van der Waals surface area contributed by atoms with Gasteiger partial charge in [-0.2, -0.15) is 0 Å². The molecule has 0 aromatic heterocycles. The molecule has 1 aromatic rings. The minimum absolute atomic E-state index is 0.0150. The molecule has 1 aliphatic rings. The van der Waals surface area contributed by atoms with Crippen LogP contribution in [0.4, 0.5) is 5.69 Å². The van der Waals surface area contributed by atoms with Gasteiger partial charge in [0.05, 0.1) is 19.3 Å². The fourth-order valence-corrected chi connectivity index (χ4v) is 2.31. The minimum Gasteiger partial charge on any atom is -0.395 e. The Morgan fingerprint density at radius 3 is 2.27 bits per heavy atom. The summed E-state index contributed by atoms with van der Waals surface area (Å²) in [5, 5.41) is 31.0. The monoisotopic (exact) mass is 308 g/mol. The molecule has 122 valence electrons. The van der Waals surface area contributed by atoms with Crippen molar-refractivity contribution in [1.29, 1.82) is 0 Å². The van der Waals surface area contributed by atoms with Crippen LogP contribution in [0.3, 0.4) is 0 Å². The van der Waals surface area contributed by atoms with E-state index < -0.39 is 6.10 Å². The van der Waals surface area contributed by atoms with Gasteiger partial charge in [0.25, 0.3) is 0 Å². The second-order valence-electron chi connectivity index (χ2n) is 5.65. The predicted octanol–water partition coefficient (Wildman–Crippen LogP) is 0.355. The van der Waals surface area contributed by atoms with Crippen molar-refractivity contribution in [3.63, 3.8) is 0 Å². The lowest BCUT2D eigenvalue weighted by molar-refractivity contribution is -0.117. The lowest BCUT2D eigenvalue weighted by Crippen LogP contribution is -2.33. The Morgan fingerprint density at radius 2 is 1.77 bits per heavy atom. The molecule has 0 radical (unpaired) electrons. The Balaban J connectivity index is 1.88. The zero-order chi connectivity index (χ0) is 15.9. The van der Waals surface area contributed by atoms with Crippen molar-refractivity contribution in [2.45, 2.75) is 18.9 Å². The van der Waals surface area contributed by atoms with Crippen LogP contribution in [-0.2, 0) is 4.79 Å². The molecule has 0 bridgehead atoms. The van der Waals surface area contributed by atoms with Crippen LogP contribution in [0.1, 0.15) is 24.5 Å². The summed E-state index contributed by atoms with van der Waals surface area (Å²) in [4.78, 5) is 13.5. The van der Waals surface area contributed by atoms with Gasteiger partial charge in [0.2, 0.25) is 5.91 Å². The van der Waals surface area contributed by atoms with Crippen molar-refractivity contribution < 1.29 is 20.1 Å². The Morgan fingerprint density at radius 1 is 1.18 bits per heavy atom. The highest BCUT2D eigenvalue weighted by atomic mass is 16.3. The van der Waals surface area contributed by atoms with Crippen LogP contribution in [0.15, 0.2) is 24.3 Å². The van der Waals surface area contributed by atoms with Gasteiger partial charge in [-0.05, 0) is 30.5 Å². The molecular weight excluding hydrogens is 284 g/mol. The molecular formula is C16H24N2O4. The van der Waals surface area contributed by atoms with Gasteiger partial charge in [0, 0.05) is 31.2 Å². The molecule has 0 aliphatic heterocycles. The second kappa shape index (κ2) is 8.24. The standard InChI is InChI=1S/C16H24N2O4/c19-9-7-18(8-10-20)11-15(21)12-3-5-14(6-4-12)17-16(22)13-1-2-13/h3-6,13,15,19-21H,1-2,7-11H2,(H,17,22). The average molecular weight is 308 g/mol. The van der Waals surface area contributed by atoms with E-state index in [-0.39, 0.29) is 25.0 Å². The van der Waals surface area contributed by atoms with Crippen LogP contribution in [0, 0.1) is 5.92 Å². The van der Waals surface area contributed by atoms with Gasteiger partial charge >= 0.3 is 0 Å². The van der Waals surface area contributed by atoms with Gasteiger partial charge in [0.15, 0.2) is 0 Å². The van der Waals surface area contributed by atoms with E-state index in [0.717, 1.165) is 24.1 Å². The summed E-state index contributed by atoms with van der Waals surface area (Å²) < 4.78 is 0. The maximum Gasteiger partial charge on any atom is 0.227 e. The van der Waals surface area contributed by atoms with Gasteiger partial charge in [-0.1, -0.05) is 12.1 Å². The number of anilines is 1. The fourth-order valence-electron chi connectivity index (χ4n) is 2.31. The molecule has 0 saturated heterocycles. The first-order chi connectivity index (χ1) is 10.6. The molecule has 2 rings (SSSR count). The Bertz CT molecular complexity index is 468. The third-order valence-corrected chi connectivity index (χ3v) is 3.77. The molecule has 22 heavy (non-hydrogen) atoms. The molecule has 1 atom stereocenters. The fraction of sp³-hybridized carbons (Fsp3) is 0.562. The summed E-state index contributed by atoms with van der Waals surface area (Å²) in [6.45, 7) is 1.13. The van der Waals surface area contributed by atoms with E-state index in [2.05, 4.69) is 5.32 Å². The number of aliphatic hydroxyl groups excluding tert-OH is 3. The highest BCUT2D eigenvalue weighted by Gasteiger charge is 2.29. The zero-order valence-corrected chi connectivity index (χ0v) is 12.6. The van der Waals surface area contributed by atoms with Crippen molar-refractivity contribution in [3.8, 4) is 0 Å². The molecule has 1 saturated carbocycles. The molecule has 0 spiro atoms. The SMILES string of the molecule is O=C(Nc1ccc(C(O)CN(CCO)CCO)cc1)C1CC1. The van der Waals surface area contributed by atoms with Crippen molar-refractivity contribution in [3.05, 3.63) is 29.8 Å². The molecule has 1 fully saturated rings. The van der Waals surface area contributed by atoms with E-state index in [1.165, 1.54) is 0 Å². The minimum atomic E-state index is -0.703. The summed E-state index contributed by atoms with van der Waals surface area (Å²) in [7, 11) is 0. The largest absolute Gasteiger partial charge is 0.395 e. The number of rotatable bonds is 9. The van der Waals surface area contributed by atoms with Gasteiger partial charge in [-0.25, -0.2) is 0 Å². The van der Waals surface area contributed by atoms with Gasteiger partial charge in [0.1, 0.15) is 0 Å². The van der Waals surface area contributed by atoms with Crippen LogP contribution >= 0.6 is 0 Å². The van der Waals surface area contributed by atoms with E-state index in [1.807, 2.05) is 0 Å². The van der Waals surface area contributed by atoms with Crippen molar-refractivity contribution in [1.82, 2.24) is 4.90 Å². The van der Waals surface area contributed by atoms with E-state index >= 15 is 0 Å².